The molecule has 0 aliphatic carbocycles. The molecule has 2 N–H and O–H groups in total. The van der Waals surface area contributed by atoms with Crippen LogP contribution in [0.1, 0.15) is 32.1 Å². The first-order valence-corrected chi connectivity index (χ1v) is 4.44. The van der Waals surface area contributed by atoms with Crippen LogP contribution in [0.3, 0.4) is 0 Å². The first-order valence-electron chi connectivity index (χ1n) is 4.44. The lowest BCUT2D eigenvalue weighted by Gasteiger charge is -2.07. The van der Waals surface area contributed by atoms with Crippen molar-refractivity contribution in [2.24, 2.45) is 4.99 Å². The Morgan fingerprint density at radius 2 is 2.50 bits per heavy atom. The molecule has 1 heterocycles. The third-order valence-corrected chi connectivity index (χ3v) is 2.11. The Hall–Kier alpha value is -0.830. The summed E-state index contributed by atoms with van der Waals surface area (Å²) in [4.78, 5) is 4.37. The van der Waals surface area contributed by atoms with E-state index in [0.717, 1.165) is 31.5 Å². The van der Waals surface area contributed by atoms with E-state index in [9.17, 15) is 0 Å². The van der Waals surface area contributed by atoms with Crippen molar-refractivity contribution in [2.75, 3.05) is 0 Å². The Balaban J connectivity index is 2.53. The molecule has 0 fully saturated rings. The normalized spacial score (nSPS) is 24.1. The summed E-state index contributed by atoms with van der Waals surface area (Å²) in [5.74, 6) is 0.722. The second-order valence-corrected chi connectivity index (χ2v) is 3.11. The predicted molar refractivity (Wildman–Crippen MR) is 49.4 cm³/mol. The molecular weight excluding hydrogens is 152 g/mol. The number of nitrogens with zero attached hydrogens (tertiary/aromatic N) is 1. The van der Waals surface area contributed by atoms with Crippen LogP contribution >= 0.6 is 0 Å². The molecule has 0 aromatic heterocycles. The maximum atomic E-state index is 8.70. The van der Waals surface area contributed by atoms with Gasteiger partial charge in [-0.05, 0) is 19.3 Å². The van der Waals surface area contributed by atoms with E-state index in [2.05, 4.69) is 17.1 Å². The minimum Gasteiger partial charge on any atom is -0.290 e. The van der Waals surface area contributed by atoms with Crippen LogP contribution in [0.25, 0.3) is 0 Å². The van der Waals surface area contributed by atoms with E-state index in [1.165, 1.54) is 6.42 Å². The summed E-state index contributed by atoms with van der Waals surface area (Å²) >= 11 is 0. The molecule has 0 bridgehead atoms. The van der Waals surface area contributed by atoms with Crippen molar-refractivity contribution in [2.45, 2.75) is 38.1 Å². The number of nitrogens with one attached hydrogen (secondary N) is 1. The largest absolute Gasteiger partial charge is 0.290 e. The van der Waals surface area contributed by atoms with Crippen LogP contribution in [0, 0.1) is 0 Å². The van der Waals surface area contributed by atoms with E-state index in [-0.39, 0.29) is 0 Å². The van der Waals surface area contributed by atoms with Gasteiger partial charge in [0, 0.05) is 6.42 Å². The second-order valence-electron chi connectivity index (χ2n) is 3.11. The first kappa shape index (κ1) is 9.26. The van der Waals surface area contributed by atoms with Crippen LogP contribution in [0.15, 0.2) is 17.6 Å². The molecule has 0 radical (unpaired) electrons. The fourth-order valence-corrected chi connectivity index (χ4v) is 1.47. The second kappa shape index (κ2) is 4.93. The van der Waals surface area contributed by atoms with Crippen molar-refractivity contribution in [1.29, 1.82) is 0 Å². The lowest BCUT2D eigenvalue weighted by atomic mass is 10.1. The summed E-state index contributed by atoms with van der Waals surface area (Å²) in [6.45, 7) is 3.68. The monoisotopic (exact) mass is 168 g/mol. The average Bonchev–Trinajstić information content (AvgIpc) is 2.30. The van der Waals surface area contributed by atoms with E-state index in [0.29, 0.717) is 6.04 Å². The van der Waals surface area contributed by atoms with Crippen LogP contribution in [-0.4, -0.2) is 17.1 Å². The number of aliphatic imine (C=N–C) groups is 1. The Morgan fingerprint density at radius 3 is 3.17 bits per heavy atom. The van der Waals surface area contributed by atoms with Gasteiger partial charge in [0.15, 0.2) is 0 Å². The zero-order valence-corrected chi connectivity index (χ0v) is 7.29. The molecule has 1 aliphatic rings. The highest BCUT2D eigenvalue weighted by Crippen LogP contribution is 2.15. The molecule has 0 aromatic carbocycles. The van der Waals surface area contributed by atoms with Gasteiger partial charge in [0.25, 0.3) is 0 Å². The van der Waals surface area contributed by atoms with E-state index < -0.39 is 0 Å². The highest BCUT2D eigenvalue weighted by molar-refractivity contribution is 5.81. The van der Waals surface area contributed by atoms with E-state index >= 15 is 0 Å². The number of hydrogen-bond donors (Lipinski definition) is 2. The molecule has 1 atom stereocenters. The molecule has 3 nitrogen and oxygen atoms in total. The summed E-state index contributed by atoms with van der Waals surface area (Å²) in [7, 11) is 0. The Morgan fingerprint density at radius 1 is 1.67 bits per heavy atom. The van der Waals surface area contributed by atoms with Crippen molar-refractivity contribution < 1.29 is 5.21 Å². The summed E-state index contributed by atoms with van der Waals surface area (Å²) in [5, 5.41) is 8.70. The standard InChI is InChI=1S/C9H16N2O/c1-2-5-8-6-3-4-7-9(10-8)11-12/h2,8,12H,1,3-7H2,(H,10,11)/t8-/m0/s1. The van der Waals surface area contributed by atoms with Gasteiger partial charge in [0.2, 0.25) is 0 Å². The fraction of sp³-hybridized carbons (Fsp3) is 0.667. The SMILES string of the molecule is C=CC[C@H]1CCCCC(NO)=N1. The van der Waals surface area contributed by atoms with Gasteiger partial charge in [-0.1, -0.05) is 12.5 Å². The third kappa shape index (κ3) is 2.66. The molecule has 1 rings (SSSR count). The molecule has 0 saturated carbocycles. The van der Waals surface area contributed by atoms with Gasteiger partial charge in [-0.3, -0.25) is 15.7 Å². The van der Waals surface area contributed by atoms with Crippen LogP contribution in [0.2, 0.25) is 0 Å². The molecular formula is C9H16N2O. The first-order chi connectivity index (χ1) is 5.86. The molecule has 1 aliphatic heterocycles. The zero-order chi connectivity index (χ0) is 8.81. The number of rotatable bonds is 2. The summed E-state index contributed by atoms with van der Waals surface area (Å²) in [5.41, 5.74) is 2.15. The number of hydrogen-bond acceptors (Lipinski definition) is 3. The summed E-state index contributed by atoms with van der Waals surface area (Å²) in [6, 6.07) is 0.319. The fourth-order valence-electron chi connectivity index (χ4n) is 1.47. The van der Waals surface area contributed by atoms with Gasteiger partial charge >= 0.3 is 0 Å². The highest BCUT2D eigenvalue weighted by atomic mass is 16.5. The number of hydroxylamine groups is 1. The van der Waals surface area contributed by atoms with Crippen LogP contribution in [0.4, 0.5) is 0 Å². The smallest absolute Gasteiger partial charge is 0.120 e. The minimum absolute atomic E-state index is 0.319. The summed E-state index contributed by atoms with van der Waals surface area (Å²) < 4.78 is 0. The van der Waals surface area contributed by atoms with Crippen LogP contribution in [0.5, 0.6) is 0 Å². The molecule has 68 valence electrons. The Labute approximate surface area is 73.2 Å². The van der Waals surface area contributed by atoms with Gasteiger partial charge in [-0.25, -0.2) is 0 Å². The minimum atomic E-state index is 0.319. The Bertz CT molecular complexity index is 177. The van der Waals surface area contributed by atoms with Gasteiger partial charge < -0.3 is 0 Å². The molecule has 0 saturated heterocycles. The average molecular weight is 168 g/mol. The highest BCUT2D eigenvalue weighted by Gasteiger charge is 2.11. The van der Waals surface area contributed by atoms with E-state index in [4.69, 9.17) is 5.21 Å². The van der Waals surface area contributed by atoms with Crippen molar-refractivity contribution in [3.8, 4) is 0 Å². The van der Waals surface area contributed by atoms with Crippen LogP contribution < -0.4 is 5.48 Å². The quantitative estimate of drug-likeness (QED) is 0.488. The van der Waals surface area contributed by atoms with Gasteiger partial charge in [-0.2, -0.15) is 0 Å². The van der Waals surface area contributed by atoms with Crippen LogP contribution in [-0.2, 0) is 0 Å². The van der Waals surface area contributed by atoms with Crippen molar-refractivity contribution in [1.82, 2.24) is 5.48 Å². The maximum Gasteiger partial charge on any atom is 0.120 e. The molecule has 0 unspecified atom stereocenters. The van der Waals surface area contributed by atoms with E-state index in [1.807, 2.05) is 6.08 Å². The van der Waals surface area contributed by atoms with E-state index in [1.54, 1.807) is 0 Å². The topological polar surface area (TPSA) is 44.6 Å². The molecule has 0 spiro atoms. The summed E-state index contributed by atoms with van der Waals surface area (Å²) in [6.07, 6.45) is 7.06. The Kier molecular flexibility index (Phi) is 3.80. The van der Waals surface area contributed by atoms with Crippen molar-refractivity contribution >= 4 is 5.84 Å². The molecule has 0 aromatic rings. The third-order valence-electron chi connectivity index (χ3n) is 2.11. The van der Waals surface area contributed by atoms with Crippen molar-refractivity contribution in [3.05, 3.63) is 12.7 Å². The maximum absolute atomic E-state index is 8.70. The van der Waals surface area contributed by atoms with Gasteiger partial charge in [0.1, 0.15) is 5.84 Å². The molecule has 0 amide bonds. The zero-order valence-electron chi connectivity index (χ0n) is 7.29. The number of amidine groups is 1. The van der Waals surface area contributed by atoms with Crippen molar-refractivity contribution in [3.63, 3.8) is 0 Å². The van der Waals surface area contributed by atoms with Gasteiger partial charge in [0.05, 0.1) is 6.04 Å². The lowest BCUT2D eigenvalue weighted by Crippen LogP contribution is -2.20. The molecule has 12 heavy (non-hydrogen) atoms. The lowest BCUT2D eigenvalue weighted by molar-refractivity contribution is 0.231. The molecule has 3 heteroatoms. The van der Waals surface area contributed by atoms with Gasteiger partial charge in [-0.15, -0.1) is 6.58 Å². The predicted octanol–water partition coefficient (Wildman–Crippen LogP) is 1.88.